The van der Waals surface area contributed by atoms with Crippen molar-refractivity contribution in [3.63, 3.8) is 0 Å². The molecule has 0 radical (unpaired) electrons. The van der Waals surface area contributed by atoms with Crippen LogP contribution in [0.4, 0.5) is 0 Å². The highest BCUT2D eigenvalue weighted by Crippen LogP contribution is 2.16. The number of likely N-dealkylation sites (tertiary alicyclic amines) is 1. The van der Waals surface area contributed by atoms with E-state index < -0.39 is 0 Å². The molecule has 5 nitrogen and oxygen atoms in total. The van der Waals surface area contributed by atoms with Gasteiger partial charge in [-0.25, -0.2) is 0 Å². The van der Waals surface area contributed by atoms with E-state index in [-0.39, 0.29) is 17.9 Å². The molecule has 1 heterocycles. The molecule has 1 aliphatic rings. The Morgan fingerprint density at radius 2 is 2.14 bits per heavy atom. The van der Waals surface area contributed by atoms with Crippen molar-refractivity contribution in [2.75, 3.05) is 20.2 Å². The van der Waals surface area contributed by atoms with Gasteiger partial charge < -0.3 is 15.0 Å². The third-order valence-corrected chi connectivity index (χ3v) is 3.78. The average molecular weight is 290 g/mol. The Balaban J connectivity index is 1.72. The molecule has 21 heavy (non-hydrogen) atoms. The van der Waals surface area contributed by atoms with Crippen molar-refractivity contribution in [1.29, 1.82) is 0 Å². The normalized spacial score (nSPS) is 18.0. The predicted octanol–water partition coefficient (Wildman–Crippen LogP) is 1.42. The number of hydrogen-bond donors (Lipinski definition) is 1. The highest BCUT2D eigenvalue weighted by Gasteiger charge is 2.27. The molecule has 114 valence electrons. The summed E-state index contributed by atoms with van der Waals surface area (Å²) in [5.41, 5.74) is 2.39. The van der Waals surface area contributed by atoms with Crippen LogP contribution in [0.3, 0.4) is 0 Å². The lowest BCUT2D eigenvalue weighted by Gasteiger charge is -2.13. The summed E-state index contributed by atoms with van der Waals surface area (Å²) in [7, 11) is 1.75. The first-order valence-corrected chi connectivity index (χ1v) is 7.19. The molecule has 1 fully saturated rings. The Hall–Kier alpha value is -2.04. The van der Waals surface area contributed by atoms with Crippen LogP contribution in [0, 0.1) is 13.8 Å². The summed E-state index contributed by atoms with van der Waals surface area (Å²) in [5.74, 6) is 0.778. The number of benzene rings is 1. The molecule has 2 amide bonds. The summed E-state index contributed by atoms with van der Waals surface area (Å²) in [5, 5.41) is 2.87. The van der Waals surface area contributed by atoms with Gasteiger partial charge in [0.1, 0.15) is 5.75 Å². The highest BCUT2D eigenvalue weighted by molar-refractivity contribution is 5.82. The number of likely N-dealkylation sites (N-methyl/N-ethyl adjacent to an activating group) is 1. The summed E-state index contributed by atoms with van der Waals surface area (Å²) < 4.78 is 5.58. The second-order valence-electron chi connectivity index (χ2n) is 5.59. The van der Waals surface area contributed by atoms with Gasteiger partial charge in [0.25, 0.3) is 0 Å². The fourth-order valence-corrected chi connectivity index (χ4v) is 2.33. The smallest absolute Gasteiger partial charge is 0.224 e. The molecule has 0 saturated carbocycles. The number of amides is 2. The molecule has 0 aliphatic carbocycles. The van der Waals surface area contributed by atoms with Crippen LogP contribution in [-0.2, 0) is 9.59 Å². The minimum Gasteiger partial charge on any atom is -0.493 e. The zero-order chi connectivity index (χ0) is 15.4. The van der Waals surface area contributed by atoms with E-state index in [9.17, 15) is 9.59 Å². The number of hydrogen-bond acceptors (Lipinski definition) is 3. The number of carbonyl (C=O) groups is 2. The van der Waals surface area contributed by atoms with Gasteiger partial charge in [-0.15, -0.1) is 0 Å². The van der Waals surface area contributed by atoms with E-state index in [2.05, 4.69) is 5.32 Å². The number of rotatable bonds is 5. The molecule has 1 aromatic carbocycles. The zero-order valence-corrected chi connectivity index (χ0v) is 12.8. The quantitative estimate of drug-likeness (QED) is 0.892. The van der Waals surface area contributed by atoms with Gasteiger partial charge in [0.2, 0.25) is 11.8 Å². The summed E-state index contributed by atoms with van der Waals surface area (Å²) in [4.78, 5) is 24.8. The van der Waals surface area contributed by atoms with E-state index in [0.29, 0.717) is 26.0 Å². The first kappa shape index (κ1) is 15.4. The van der Waals surface area contributed by atoms with Gasteiger partial charge in [-0.3, -0.25) is 9.59 Å². The summed E-state index contributed by atoms with van der Waals surface area (Å²) in [6.45, 7) is 5.00. The minimum atomic E-state index is -0.0769. The molecule has 1 saturated heterocycles. The maximum Gasteiger partial charge on any atom is 0.224 e. The Morgan fingerprint density at radius 3 is 2.76 bits per heavy atom. The maximum atomic E-state index is 11.8. The van der Waals surface area contributed by atoms with Crippen LogP contribution in [0.25, 0.3) is 0 Å². The highest BCUT2D eigenvalue weighted by atomic mass is 16.5. The zero-order valence-electron chi connectivity index (χ0n) is 12.8. The van der Waals surface area contributed by atoms with Gasteiger partial charge in [-0.2, -0.15) is 0 Å². The fraction of sp³-hybridized carbons (Fsp3) is 0.500. The van der Waals surface area contributed by atoms with E-state index in [4.69, 9.17) is 4.74 Å². The lowest BCUT2D eigenvalue weighted by Crippen LogP contribution is -2.37. The fourth-order valence-electron chi connectivity index (χ4n) is 2.33. The lowest BCUT2D eigenvalue weighted by molar-refractivity contribution is -0.126. The molecule has 1 aromatic rings. The van der Waals surface area contributed by atoms with Crippen molar-refractivity contribution < 1.29 is 14.3 Å². The molecule has 2 rings (SSSR count). The van der Waals surface area contributed by atoms with Crippen LogP contribution in [0.15, 0.2) is 18.2 Å². The molecule has 0 spiro atoms. The van der Waals surface area contributed by atoms with Crippen molar-refractivity contribution in [3.05, 3.63) is 29.3 Å². The van der Waals surface area contributed by atoms with Gasteiger partial charge in [0.05, 0.1) is 19.1 Å². The van der Waals surface area contributed by atoms with Gasteiger partial charge in [-0.05, 0) is 37.1 Å². The molecule has 0 bridgehead atoms. The van der Waals surface area contributed by atoms with Crippen LogP contribution in [0.1, 0.15) is 24.0 Å². The molecule has 0 aromatic heterocycles. The Labute approximate surface area is 125 Å². The van der Waals surface area contributed by atoms with Crippen molar-refractivity contribution in [3.8, 4) is 5.75 Å². The standard InChI is InChI=1S/C16H22N2O3/c1-11-4-5-14(8-12(11)2)21-7-6-15(19)17-13-9-16(20)18(3)10-13/h4-5,8,13H,6-7,9-10H2,1-3H3,(H,17,19)/t13-/m0/s1. The lowest BCUT2D eigenvalue weighted by atomic mass is 10.1. The second-order valence-corrected chi connectivity index (χ2v) is 5.59. The monoisotopic (exact) mass is 290 g/mol. The molecule has 1 aliphatic heterocycles. The van der Waals surface area contributed by atoms with E-state index in [0.717, 1.165) is 5.75 Å². The van der Waals surface area contributed by atoms with E-state index in [1.807, 2.05) is 32.0 Å². The Bertz CT molecular complexity index is 542. The van der Waals surface area contributed by atoms with Crippen LogP contribution in [0.2, 0.25) is 0 Å². The van der Waals surface area contributed by atoms with Crippen LogP contribution >= 0.6 is 0 Å². The number of carbonyl (C=O) groups excluding carboxylic acids is 2. The minimum absolute atomic E-state index is 0.0726. The van der Waals surface area contributed by atoms with E-state index in [1.54, 1.807) is 11.9 Å². The molecule has 5 heteroatoms. The van der Waals surface area contributed by atoms with Crippen molar-refractivity contribution in [2.24, 2.45) is 0 Å². The summed E-state index contributed by atoms with van der Waals surface area (Å²) in [6, 6.07) is 5.81. The number of nitrogens with zero attached hydrogens (tertiary/aromatic N) is 1. The van der Waals surface area contributed by atoms with E-state index in [1.165, 1.54) is 11.1 Å². The second kappa shape index (κ2) is 6.61. The molecule has 1 atom stereocenters. The Kier molecular flexibility index (Phi) is 4.83. The van der Waals surface area contributed by atoms with Gasteiger partial charge >= 0.3 is 0 Å². The number of ether oxygens (including phenoxy) is 1. The summed E-state index contributed by atoms with van der Waals surface area (Å²) in [6.07, 6.45) is 0.682. The van der Waals surface area contributed by atoms with Gasteiger partial charge in [-0.1, -0.05) is 6.07 Å². The largest absolute Gasteiger partial charge is 0.493 e. The Morgan fingerprint density at radius 1 is 1.38 bits per heavy atom. The third kappa shape index (κ3) is 4.21. The topological polar surface area (TPSA) is 58.6 Å². The maximum absolute atomic E-state index is 11.8. The molecular formula is C16H22N2O3. The average Bonchev–Trinajstić information content (AvgIpc) is 2.72. The first-order valence-electron chi connectivity index (χ1n) is 7.19. The van der Waals surface area contributed by atoms with Crippen LogP contribution in [0.5, 0.6) is 5.75 Å². The van der Waals surface area contributed by atoms with Crippen molar-refractivity contribution in [1.82, 2.24) is 10.2 Å². The predicted molar refractivity (Wildman–Crippen MR) is 80.2 cm³/mol. The summed E-state index contributed by atoms with van der Waals surface area (Å²) >= 11 is 0. The van der Waals surface area contributed by atoms with Gasteiger partial charge in [0, 0.05) is 20.0 Å². The molecule has 1 N–H and O–H groups in total. The van der Waals surface area contributed by atoms with Gasteiger partial charge in [0.15, 0.2) is 0 Å². The van der Waals surface area contributed by atoms with Crippen molar-refractivity contribution in [2.45, 2.75) is 32.7 Å². The number of aryl methyl sites for hydroxylation is 2. The third-order valence-electron chi connectivity index (χ3n) is 3.78. The van der Waals surface area contributed by atoms with E-state index >= 15 is 0 Å². The van der Waals surface area contributed by atoms with Crippen molar-refractivity contribution >= 4 is 11.8 Å². The number of nitrogens with one attached hydrogen (secondary N) is 1. The van der Waals surface area contributed by atoms with Crippen LogP contribution in [-0.4, -0.2) is 43.0 Å². The molecule has 0 unspecified atom stereocenters. The molecular weight excluding hydrogens is 268 g/mol. The SMILES string of the molecule is Cc1ccc(OCCC(=O)N[C@H]2CC(=O)N(C)C2)cc1C. The van der Waals surface area contributed by atoms with Crippen LogP contribution < -0.4 is 10.1 Å². The first-order chi connectivity index (χ1) is 9.95.